The van der Waals surface area contributed by atoms with Crippen molar-refractivity contribution in [2.45, 2.75) is 25.9 Å². The van der Waals surface area contributed by atoms with Gasteiger partial charge in [-0.25, -0.2) is 0 Å². The second kappa shape index (κ2) is 16.8. The maximum atomic E-state index is 4.49. The van der Waals surface area contributed by atoms with E-state index in [-0.39, 0.29) is 0 Å². The van der Waals surface area contributed by atoms with Gasteiger partial charge in [0, 0.05) is 12.1 Å². The molecule has 4 rings (SSSR count). The fourth-order valence-electron chi connectivity index (χ4n) is 3.33. The molecule has 188 valence electrons. The van der Waals surface area contributed by atoms with E-state index in [1.165, 1.54) is 32.7 Å². The number of hydrogen-bond donors (Lipinski definition) is 0. The van der Waals surface area contributed by atoms with Crippen LogP contribution in [-0.4, -0.2) is 38.0 Å². The Balaban J connectivity index is 0.000000297. The van der Waals surface area contributed by atoms with Crippen molar-refractivity contribution in [2.75, 3.05) is 28.2 Å². The van der Waals surface area contributed by atoms with E-state index >= 15 is 0 Å². The Bertz CT molecular complexity index is 1030. The molecule has 0 saturated carbocycles. The summed E-state index contributed by atoms with van der Waals surface area (Å²) in [4.78, 5) is 4.39. The molecule has 0 spiro atoms. The summed E-state index contributed by atoms with van der Waals surface area (Å²) < 4.78 is 0. The molecule has 0 heterocycles. The van der Waals surface area contributed by atoms with Gasteiger partial charge < -0.3 is 9.80 Å². The predicted molar refractivity (Wildman–Crippen MR) is 141 cm³/mol. The number of hydrogen-bond acceptors (Lipinski definition) is 2. The summed E-state index contributed by atoms with van der Waals surface area (Å²) >= 11 is 4.44. The van der Waals surface area contributed by atoms with Gasteiger partial charge in [0.25, 0.3) is 0 Å². The van der Waals surface area contributed by atoms with E-state index in [0.717, 1.165) is 0 Å². The molecule has 0 amide bonds. The van der Waals surface area contributed by atoms with Crippen LogP contribution < -0.4 is 0 Å². The number of benzene rings is 4. The van der Waals surface area contributed by atoms with Crippen LogP contribution in [0.5, 0.6) is 0 Å². The Morgan fingerprint density at radius 3 is 1.18 bits per heavy atom. The predicted octanol–water partition coefficient (Wildman–Crippen LogP) is 7.90. The van der Waals surface area contributed by atoms with Crippen LogP contribution in [0.1, 0.15) is 37.1 Å². The van der Waals surface area contributed by atoms with Crippen molar-refractivity contribution in [2.24, 2.45) is 0 Å². The van der Waals surface area contributed by atoms with Crippen LogP contribution in [0.3, 0.4) is 0 Å². The molecule has 4 aromatic rings. The first kappa shape index (κ1) is 31.3. The summed E-state index contributed by atoms with van der Waals surface area (Å²) in [6, 6.07) is 32.9. The van der Waals surface area contributed by atoms with Crippen molar-refractivity contribution in [3.05, 3.63) is 96.1 Å². The average molecular weight is 680 g/mol. The Labute approximate surface area is 235 Å². The number of halogens is 2. The van der Waals surface area contributed by atoms with E-state index in [0.29, 0.717) is 12.1 Å². The van der Waals surface area contributed by atoms with Gasteiger partial charge in [-0.3, -0.25) is 0 Å². The van der Waals surface area contributed by atoms with E-state index < -0.39 is 0 Å². The maximum absolute atomic E-state index is 4.49. The molecule has 0 aromatic heterocycles. The molecule has 0 aliphatic carbocycles. The fourth-order valence-corrected chi connectivity index (χ4v) is 3.33. The molecule has 6 heteroatoms. The first-order chi connectivity index (χ1) is 16.4. The van der Waals surface area contributed by atoms with Crippen LogP contribution in [0.25, 0.3) is 21.5 Å². The van der Waals surface area contributed by atoms with E-state index in [1.54, 1.807) is 0 Å². The van der Waals surface area contributed by atoms with Crippen LogP contribution >= 0.6 is 19.1 Å². The minimum absolute atomic E-state index is 0.412. The molecule has 0 saturated heterocycles. The van der Waals surface area contributed by atoms with Gasteiger partial charge in [0.1, 0.15) is 0 Å². The third-order valence-electron chi connectivity index (χ3n) is 5.85. The molecule has 0 bridgehead atoms. The molecule has 4 aromatic carbocycles. The molecule has 2 atom stereocenters. The van der Waals surface area contributed by atoms with E-state index in [9.17, 15) is 0 Å². The van der Waals surface area contributed by atoms with Crippen LogP contribution in [0.2, 0.25) is 0 Å². The van der Waals surface area contributed by atoms with Crippen molar-refractivity contribution in [3.63, 3.8) is 0 Å². The summed E-state index contributed by atoms with van der Waals surface area (Å²) in [6.45, 7) is 4.39. The molecule has 34 heavy (non-hydrogen) atoms. The molecule has 0 unspecified atom stereocenters. The summed E-state index contributed by atoms with van der Waals surface area (Å²) in [7, 11) is 17.3. The van der Waals surface area contributed by atoms with Crippen molar-refractivity contribution < 1.29 is 36.4 Å². The van der Waals surface area contributed by atoms with Gasteiger partial charge in [-0.15, -0.1) is 44.8 Å². The van der Waals surface area contributed by atoms with Gasteiger partial charge in [-0.2, -0.15) is 36.4 Å². The molecule has 0 fully saturated rings. The van der Waals surface area contributed by atoms with Crippen molar-refractivity contribution >= 4 is 40.6 Å². The van der Waals surface area contributed by atoms with Crippen molar-refractivity contribution in [3.8, 4) is 0 Å². The van der Waals surface area contributed by atoms with Gasteiger partial charge in [0.05, 0.1) is 0 Å². The van der Waals surface area contributed by atoms with Crippen LogP contribution in [0.15, 0.2) is 72.8 Å². The summed E-state index contributed by atoms with van der Waals surface area (Å²) in [5.41, 5.74) is 2.50. The summed E-state index contributed by atoms with van der Waals surface area (Å²) in [5.74, 6) is 0. The Morgan fingerprint density at radius 2 is 0.882 bits per heavy atom. The molecular formula is C28H32Cl2N2Pd2. The normalized spacial score (nSPS) is 12.2. The third-order valence-corrected chi connectivity index (χ3v) is 5.85. The van der Waals surface area contributed by atoms with Crippen molar-refractivity contribution in [1.29, 1.82) is 0 Å². The standard InChI is InChI=1S/2C14H16N.2ClH.2Pd/c2*1-11(15(2)3)13-9-8-12-6-4-5-7-14(12)10-13;;;;/h2*4-8,10-11H,1-3H3;2*1H;;/q2*-1;;;2*+2/p-2/t2*11-;;;;/m00..../s1. The zero-order chi connectivity index (χ0) is 25.7. The Kier molecular flexibility index (Phi) is 15.5. The number of fused-ring (bicyclic) bond motifs is 2. The fraction of sp³-hybridized carbons (Fsp3) is 0.286. The molecule has 0 aliphatic rings. The summed E-state index contributed by atoms with van der Waals surface area (Å²) in [6.07, 6.45) is 0. The van der Waals surface area contributed by atoms with E-state index in [2.05, 4.69) is 192 Å². The molecular weight excluding hydrogens is 648 g/mol. The minimum atomic E-state index is 0.412. The summed E-state index contributed by atoms with van der Waals surface area (Å²) in [5, 5.41) is 5.10. The number of rotatable bonds is 4. The monoisotopic (exact) mass is 678 g/mol. The first-order valence-electron chi connectivity index (χ1n) is 10.7. The second-order valence-electron chi connectivity index (χ2n) is 8.31. The molecule has 0 radical (unpaired) electrons. The average Bonchev–Trinajstić information content (AvgIpc) is 2.89. The van der Waals surface area contributed by atoms with Gasteiger partial charge in [-0.05, 0) is 42.0 Å². The Hall–Kier alpha value is -0.775. The molecule has 2 nitrogen and oxygen atoms in total. The van der Waals surface area contributed by atoms with Crippen LogP contribution in [0.4, 0.5) is 0 Å². The Morgan fingerprint density at radius 1 is 0.588 bits per heavy atom. The zero-order valence-corrected chi connectivity index (χ0v) is 25.0. The van der Waals surface area contributed by atoms with E-state index in [4.69, 9.17) is 0 Å². The SMILES string of the molecule is C[C@@H](c1[c-]cc2ccccc2c1)N(C)C.C[C@@H](c1[c-]cc2ccccc2c1)N(C)C.[Cl][Pd+].[Cl][Pd+]. The van der Waals surface area contributed by atoms with E-state index in [1.807, 2.05) is 0 Å². The quantitative estimate of drug-likeness (QED) is 0.160. The molecule has 0 aliphatic heterocycles. The first-order valence-corrected chi connectivity index (χ1v) is 14.7. The topological polar surface area (TPSA) is 6.48 Å². The molecule has 0 N–H and O–H groups in total. The second-order valence-corrected chi connectivity index (χ2v) is 8.31. The van der Waals surface area contributed by atoms with Crippen LogP contribution in [-0.2, 0) is 36.4 Å². The van der Waals surface area contributed by atoms with Gasteiger partial charge in [-0.1, -0.05) is 36.4 Å². The van der Waals surface area contributed by atoms with Gasteiger partial charge >= 0.3 is 55.4 Å². The van der Waals surface area contributed by atoms with Gasteiger partial charge in [0.2, 0.25) is 0 Å². The zero-order valence-electron chi connectivity index (χ0n) is 20.4. The van der Waals surface area contributed by atoms with Crippen molar-refractivity contribution in [1.82, 2.24) is 9.80 Å². The number of nitrogens with zero attached hydrogens (tertiary/aromatic N) is 2. The van der Waals surface area contributed by atoms with Gasteiger partial charge in [0.15, 0.2) is 0 Å². The third kappa shape index (κ3) is 9.35. The van der Waals surface area contributed by atoms with Crippen LogP contribution in [0, 0.1) is 12.1 Å².